The SMILES string of the molecule is CCC1CCc2nc(N)c(C#N)c(-c3c(Cl)cccc3Cl)c2C1. The van der Waals surface area contributed by atoms with Crippen molar-refractivity contribution in [1.29, 1.82) is 5.26 Å². The molecule has 118 valence electrons. The Balaban J connectivity index is 2.35. The highest BCUT2D eigenvalue weighted by Gasteiger charge is 2.27. The molecule has 1 aliphatic carbocycles. The van der Waals surface area contributed by atoms with E-state index in [1.54, 1.807) is 18.2 Å². The summed E-state index contributed by atoms with van der Waals surface area (Å²) < 4.78 is 0. The van der Waals surface area contributed by atoms with Gasteiger partial charge in [0, 0.05) is 26.9 Å². The lowest BCUT2D eigenvalue weighted by molar-refractivity contribution is 0.441. The number of nitrogens with two attached hydrogens (primary N) is 1. The normalized spacial score (nSPS) is 16.7. The smallest absolute Gasteiger partial charge is 0.142 e. The second-order valence-corrected chi connectivity index (χ2v) is 6.71. The number of pyridine rings is 1. The number of benzene rings is 1. The van der Waals surface area contributed by atoms with Crippen LogP contribution in [0.3, 0.4) is 0 Å². The van der Waals surface area contributed by atoms with Gasteiger partial charge in [-0.05, 0) is 42.9 Å². The first-order valence-corrected chi connectivity index (χ1v) is 8.48. The number of nitrogens with zero attached hydrogens (tertiary/aromatic N) is 2. The van der Waals surface area contributed by atoms with Crippen molar-refractivity contribution in [3.8, 4) is 17.2 Å². The Bertz CT molecular complexity index is 789. The molecule has 3 nitrogen and oxygen atoms in total. The number of halogens is 2. The lowest BCUT2D eigenvalue weighted by Gasteiger charge is -2.27. The van der Waals surface area contributed by atoms with E-state index < -0.39 is 0 Å². The van der Waals surface area contributed by atoms with Gasteiger partial charge in [-0.15, -0.1) is 0 Å². The van der Waals surface area contributed by atoms with Crippen LogP contribution in [-0.2, 0) is 12.8 Å². The largest absolute Gasteiger partial charge is 0.383 e. The van der Waals surface area contributed by atoms with Crippen LogP contribution in [0, 0.1) is 17.2 Å². The van der Waals surface area contributed by atoms with E-state index in [1.807, 2.05) is 0 Å². The Morgan fingerprint density at radius 2 is 2.00 bits per heavy atom. The van der Waals surface area contributed by atoms with Crippen LogP contribution in [0.5, 0.6) is 0 Å². The molecular formula is C18H17Cl2N3. The predicted molar refractivity (Wildman–Crippen MR) is 94.6 cm³/mol. The third-order valence-electron chi connectivity index (χ3n) is 4.60. The minimum Gasteiger partial charge on any atom is -0.383 e. The van der Waals surface area contributed by atoms with Crippen molar-refractivity contribution in [2.45, 2.75) is 32.6 Å². The van der Waals surface area contributed by atoms with Crippen molar-refractivity contribution < 1.29 is 0 Å². The van der Waals surface area contributed by atoms with Crippen molar-refractivity contribution >= 4 is 29.0 Å². The summed E-state index contributed by atoms with van der Waals surface area (Å²) in [4.78, 5) is 4.47. The molecule has 1 aromatic carbocycles. The molecule has 1 atom stereocenters. The summed E-state index contributed by atoms with van der Waals surface area (Å²) in [5.74, 6) is 0.840. The maximum Gasteiger partial charge on any atom is 0.142 e. The number of fused-ring (bicyclic) bond motifs is 1. The second-order valence-electron chi connectivity index (χ2n) is 5.90. The molecule has 1 heterocycles. The summed E-state index contributed by atoms with van der Waals surface area (Å²) >= 11 is 12.8. The molecule has 2 N–H and O–H groups in total. The van der Waals surface area contributed by atoms with E-state index in [9.17, 15) is 5.26 Å². The number of aromatic nitrogens is 1. The van der Waals surface area contributed by atoms with Crippen LogP contribution >= 0.6 is 23.2 Å². The molecule has 1 aliphatic rings. The molecule has 1 aromatic heterocycles. The van der Waals surface area contributed by atoms with Crippen LogP contribution < -0.4 is 5.73 Å². The zero-order valence-corrected chi connectivity index (χ0v) is 14.4. The number of aryl methyl sites for hydroxylation is 1. The molecule has 0 amide bonds. The minimum absolute atomic E-state index is 0.257. The Morgan fingerprint density at radius 3 is 2.61 bits per heavy atom. The first-order chi connectivity index (χ1) is 11.1. The third-order valence-corrected chi connectivity index (χ3v) is 5.23. The molecule has 0 saturated heterocycles. The second kappa shape index (κ2) is 6.39. The standard InChI is InChI=1S/C18H17Cl2N3/c1-2-10-6-7-15-11(8-10)16(12(9-21)18(22)23-15)17-13(19)4-3-5-14(17)20/h3-5,10H,2,6-8H2,1H3,(H2,22,23). The van der Waals surface area contributed by atoms with E-state index in [0.29, 0.717) is 27.1 Å². The maximum atomic E-state index is 9.61. The number of anilines is 1. The van der Waals surface area contributed by atoms with Crippen LogP contribution in [-0.4, -0.2) is 4.98 Å². The fourth-order valence-corrected chi connectivity index (χ4v) is 3.91. The molecule has 0 saturated carbocycles. The molecule has 3 rings (SSSR count). The minimum atomic E-state index is 0.257. The molecule has 1 unspecified atom stereocenters. The van der Waals surface area contributed by atoms with E-state index in [-0.39, 0.29) is 5.82 Å². The van der Waals surface area contributed by atoms with Gasteiger partial charge in [-0.1, -0.05) is 42.6 Å². The van der Waals surface area contributed by atoms with Gasteiger partial charge < -0.3 is 5.73 Å². The van der Waals surface area contributed by atoms with E-state index in [1.165, 1.54) is 0 Å². The first kappa shape index (κ1) is 16.1. The fraction of sp³-hybridized carbons (Fsp3) is 0.333. The zero-order valence-electron chi connectivity index (χ0n) is 12.9. The summed E-state index contributed by atoms with van der Waals surface area (Å²) in [5.41, 5.74) is 9.91. The van der Waals surface area contributed by atoms with Crippen molar-refractivity contribution in [3.05, 3.63) is 45.1 Å². The van der Waals surface area contributed by atoms with Crippen LogP contribution in [0.2, 0.25) is 10.0 Å². The van der Waals surface area contributed by atoms with Gasteiger partial charge in [0.15, 0.2) is 0 Å². The van der Waals surface area contributed by atoms with Crippen LogP contribution in [0.1, 0.15) is 36.6 Å². The number of nitrogen functional groups attached to an aromatic ring is 1. The quantitative estimate of drug-likeness (QED) is 0.830. The lowest BCUT2D eigenvalue weighted by Crippen LogP contribution is -2.18. The Labute approximate surface area is 146 Å². The van der Waals surface area contributed by atoms with Crippen molar-refractivity contribution in [3.63, 3.8) is 0 Å². The third kappa shape index (κ3) is 2.78. The Kier molecular flexibility index (Phi) is 4.48. The molecule has 23 heavy (non-hydrogen) atoms. The van der Waals surface area contributed by atoms with Gasteiger partial charge in [0.05, 0.1) is 0 Å². The molecule has 0 bridgehead atoms. The van der Waals surface area contributed by atoms with Gasteiger partial charge in [0.25, 0.3) is 0 Å². The zero-order chi connectivity index (χ0) is 16.6. The van der Waals surface area contributed by atoms with Crippen molar-refractivity contribution in [2.75, 3.05) is 5.73 Å². The number of nitriles is 1. The average molecular weight is 346 g/mol. The predicted octanol–water partition coefficient (Wildman–Crippen LogP) is 5.02. The van der Waals surface area contributed by atoms with Crippen molar-refractivity contribution in [1.82, 2.24) is 4.98 Å². The van der Waals surface area contributed by atoms with Gasteiger partial charge in [-0.3, -0.25) is 0 Å². The molecule has 0 spiro atoms. The summed E-state index contributed by atoms with van der Waals surface area (Å²) in [6.45, 7) is 2.19. The van der Waals surface area contributed by atoms with Gasteiger partial charge in [0.2, 0.25) is 0 Å². The monoisotopic (exact) mass is 345 g/mol. The molecule has 0 aliphatic heterocycles. The topological polar surface area (TPSA) is 62.7 Å². The summed E-state index contributed by atoms with van der Waals surface area (Å²) in [5, 5.41) is 10.7. The highest BCUT2D eigenvalue weighted by Crippen LogP contribution is 2.43. The molecular weight excluding hydrogens is 329 g/mol. The highest BCUT2D eigenvalue weighted by atomic mass is 35.5. The number of hydrogen-bond donors (Lipinski definition) is 1. The maximum absolute atomic E-state index is 9.61. The molecule has 0 radical (unpaired) electrons. The number of rotatable bonds is 2. The van der Waals surface area contributed by atoms with Gasteiger partial charge >= 0.3 is 0 Å². The van der Waals surface area contributed by atoms with E-state index in [4.69, 9.17) is 28.9 Å². The van der Waals surface area contributed by atoms with E-state index in [2.05, 4.69) is 18.0 Å². The number of hydrogen-bond acceptors (Lipinski definition) is 3. The van der Waals surface area contributed by atoms with E-state index >= 15 is 0 Å². The highest BCUT2D eigenvalue weighted by molar-refractivity contribution is 6.39. The van der Waals surface area contributed by atoms with Crippen LogP contribution in [0.15, 0.2) is 18.2 Å². The lowest BCUT2D eigenvalue weighted by atomic mass is 9.80. The summed E-state index contributed by atoms with van der Waals surface area (Å²) in [7, 11) is 0. The summed E-state index contributed by atoms with van der Waals surface area (Å²) in [6.07, 6.45) is 3.95. The van der Waals surface area contributed by atoms with Crippen molar-refractivity contribution in [2.24, 2.45) is 5.92 Å². The molecule has 0 fully saturated rings. The fourth-order valence-electron chi connectivity index (χ4n) is 3.32. The molecule has 2 aromatic rings. The average Bonchev–Trinajstić information content (AvgIpc) is 2.54. The van der Waals surface area contributed by atoms with Gasteiger partial charge in [-0.25, -0.2) is 4.98 Å². The van der Waals surface area contributed by atoms with Crippen LogP contribution in [0.25, 0.3) is 11.1 Å². The van der Waals surface area contributed by atoms with Gasteiger partial charge in [0.1, 0.15) is 17.5 Å². The Hall–Kier alpha value is -1.76. The first-order valence-electron chi connectivity index (χ1n) is 7.72. The van der Waals surface area contributed by atoms with E-state index in [0.717, 1.165) is 42.5 Å². The summed E-state index contributed by atoms with van der Waals surface area (Å²) in [6, 6.07) is 7.56. The van der Waals surface area contributed by atoms with Crippen LogP contribution in [0.4, 0.5) is 5.82 Å². The molecule has 5 heteroatoms. The van der Waals surface area contributed by atoms with Gasteiger partial charge in [-0.2, -0.15) is 5.26 Å². The Morgan fingerprint density at radius 1 is 1.30 bits per heavy atom.